The van der Waals surface area contributed by atoms with E-state index < -0.39 is 72.3 Å². The zero-order valence-corrected chi connectivity index (χ0v) is 19.1. The van der Waals surface area contributed by atoms with Gasteiger partial charge in [0, 0.05) is 12.3 Å². The number of carbonyl (C=O) groups is 1. The van der Waals surface area contributed by atoms with E-state index in [-0.39, 0.29) is 5.82 Å². The third-order valence-corrected chi connectivity index (χ3v) is 7.82. The molecule has 5 N–H and O–H groups in total. The Balaban J connectivity index is 1.79. The molecule has 1 aliphatic heterocycles. The molecule has 34 heavy (non-hydrogen) atoms. The van der Waals surface area contributed by atoms with Gasteiger partial charge >= 0.3 is 19.4 Å². The first kappa shape index (κ1) is 26.0. The van der Waals surface area contributed by atoms with Crippen molar-refractivity contribution in [3.05, 3.63) is 52.6 Å². The van der Waals surface area contributed by atoms with E-state index in [9.17, 15) is 32.4 Å². The number of benzene rings is 1. The van der Waals surface area contributed by atoms with Gasteiger partial charge in [0.05, 0.1) is 11.9 Å². The van der Waals surface area contributed by atoms with Crippen molar-refractivity contribution < 1.29 is 41.8 Å². The van der Waals surface area contributed by atoms with Gasteiger partial charge in [-0.2, -0.15) is 10.1 Å². The first-order chi connectivity index (χ1) is 15.9. The zero-order chi connectivity index (χ0) is 25.2. The molecule has 1 aliphatic rings. The maximum Gasteiger partial charge on any atom is 0.459 e. The molecule has 2 aromatic rings. The molecule has 0 bridgehead atoms. The summed E-state index contributed by atoms with van der Waals surface area (Å²) in [5.41, 5.74) is 4.56. The third kappa shape index (κ3) is 5.91. The Labute approximate surface area is 194 Å². The van der Waals surface area contributed by atoms with Crippen LogP contribution in [-0.4, -0.2) is 55.9 Å². The summed E-state index contributed by atoms with van der Waals surface area (Å²) in [6.45, 7) is 0.454. The summed E-state index contributed by atoms with van der Waals surface area (Å²) in [5.74, 6) is -4.39. The van der Waals surface area contributed by atoms with E-state index in [4.69, 9.17) is 19.9 Å². The van der Waals surface area contributed by atoms with Crippen LogP contribution in [0.2, 0.25) is 0 Å². The van der Waals surface area contributed by atoms with Crippen molar-refractivity contribution in [2.45, 2.75) is 35.9 Å². The average molecular weight is 524 g/mol. The van der Waals surface area contributed by atoms with Crippen LogP contribution in [0.3, 0.4) is 0 Å². The minimum Gasteiger partial charge on any atom is -0.480 e. The molecular formula is C18H20F3N4O7PS. The molecule has 0 radical (unpaired) electrons. The van der Waals surface area contributed by atoms with E-state index >= 15 is 0 Å². The number of carboxylic acid groups (broad SMARTS) is 1. The predicted octanol–water partition coefficient (Wildman–Crippen LogP) is 1.68. The number of rotatable bonds is 9. The van der Waals surface area contributed by atoms with Crippen LogP contribution < -0.4 is 21.0 Å². The Morgan fingerprint density at radius 1 is 1.41 bits per heavy atom. The second-order valence-electron chi connectivity index (χ2n) is 7.19. The fraction of sp³-hybridized carbons (Fsp3) is 0.389. The van der Waals surface area contributed by atoms with E-state index in [1.165, 1.54) is 12.3 Å². The van der Waals surface area contributed by atoms with E-state index in [1.54, 1.807) is 0 Å². The molecule has 6 atom stereocenters. The first-order valence-corrected chi connectivity index (χ1v) is 12.1. The lowest BCUT2D eigenvalue weighted by atomic mass is 10.1. The largest absolute Gasteiger partial charge is 0.480 e. The number of aromatic nitrogens is 2. The van der Waals surface area contributed by atoms with E-state index in [0.29, 0.717) is 6.07 Å². The zero-order valence-electron chi connectivity index (χ0n) is 17.4. The second kappa shape index (κ2) is 10.4. The molecule has 1 aromatic heterocycles. The number of anilines is 1. The number of nitrogens with one attached hydrogen (secondary N) is 1. The SMILES string of the molecule is CC(NP(=O)(OC[C@H]1S[C@@H](n2ccc(N)nc2=O)[C@@H](F)[C@@H]1O)Oc1ccc(F)cc1F)C(=O)O. The number of carboxylic acids is 1. The van der Waals surface area contributed by atoms with Gasteiger partial charge in [-0.3, -0.25) is 13.9 Å². The van der Waals surface area contributed by atoms with Crippen LogP contribution in [0.4, 0.5) is 19.0 Å². The van der Waals surface area contributed by atoms with Crippen LogP contribution in [0.15, 0.2) is 35.3 Å². The number of hydrogen-bond acceptors (Lipinski definition) is 9. The number of thioether (sulfide) groups is 1. The molecule has 16 heteroatoms. The summed E-state index contributed by atoms with van der Waals surface area (Å²) in [6.07, 6.45) is -2.44. The van der Waals surface area contributed by atoms with Gasteiger partial charge in [-0.15, -0.1) is 11.8 Å². The molecular weight excluding hydrogens is 504 g/mol. The minimum atomic E-state index is -4.64. The van der Waals surface area contributed by atoms with E-state index in [1.807, 2.05) is 0 Å². The lowest BCUT2D eigenvalue weighted by Gasteiger charge is -2.24. The van der Waals surface area contributed by atoms with Gasteiger partial charge in [0.1, 0.15) is 29.2 Å². The number of nitrogens with zero attached hydrogens (tertiary/aromatic N) is 2. The Hall–Kier alpha value is -2.58. The topological polar surface area (TPSA) is 166 Å². The first-order valence-electron chi connectivity index (χ1n) is 9.62. The average Bonchev–Trinajstić information content (AvgIpc) is 3.03. The van der Waals surface area contributed by atoms with Gasteiger partial charge in [0.15, 0.2) is 17.7 Å². The van der Waals surface area contributed by atoms with Crippen LogP contribution in [0.5, 0.6) is 5.75 Å². The number of alkyl halides is 1. The van der Waals surface area contributed by atoms with Gasteiger partial charge in [-0.25, -0.2) is 22.5 Å². The summed E-state index contributed by atoms with van der Waals surface area (Å²) >= 11 is 0.765. The van der Waals surface area contributed by atoms with Crippen LogP contribution >= 0.6 is 19.5 Å². The summed E-state index contributed by atoms with van der Waals surface area (Å²) in [6, 6.07) is 1.86. The number of aliphatic hydroxyl groups excluding tert-OH is 1. The molecule has 0 saturated carbocycles. The van der Waals surface area contributed by atoms with Crippen molar-refractivity contribution in [1.82, 2.24) is 14.6 Å². The fourth-order valence-corrected chi connectivity index (χ4v) is 5.97. The monoisotopic (exact) mass is 524 g/mol. The lowest BCUT2D eigenvalue weighted by Crippen LogP contribution is -2.36. The minimum absolute atomic E-state index is 0.0789. The van der Waals surface area contributed by atoms with Gasteiger partial charge in [0.25, 0.3) is 0 Å². The number of aliphatic carboxylic acids is 1. The Kier molecular flexibility index (Phi) is 7.93. The van der Waals surface area contributed by atoms with Crippen LogP contribution in [0.25, 0.3) is 0 Å². The number of nitrogen functional groups attached to an aromatic ring is 1. The number of halogens is 3. The van der Waals surface area contributed by atoms with Crippen molar-refractivity contribution in [1.29, 1.82) is 0 Å². The van der Waals surface area contributed by atoms with Gasteiger partial charge in [-0.05, 0) is 25.1 Å². The Morgan fingerprint density at radius 2 is 2.12 bits per heavy atom. The molecule has 2 heterocycles. The summed E-state index contributed by atoms with van der Waals surface area (Å²) in [7, 11) is -4.64. The molecule has 1 aromatic carbocycles. The van der Waals surface area contributed by atoms with Crippen molar-refractivity contribution in [3.63, 3.8) is 0 Å². The molecule has 1 saturated heterocycles. The standard InChI is InChI=1S/C18H20F3N4O7PS/c1-8(17(27)28)24-33(30,32-11-3-2-9(19)6-10(11)20)31-7-12-15(26)14(21)16(34-12)25-5-4-13(22)23-18(25)29/h2-6,8,12,14-16,26H,7H2,1H3,(H,24,30)(H,27,28)(H2,22,23,29)/t8?,12-,14+,15-,16-,33?/m1/s1. The highest BCUT2D eigenvalue weighted by atomic mass is 32.2. The molecule has 11 nitrogen and oxygen atoms in total. The number of aliphatic hydroxyl groups is 1. The second-order valence-corrected chi connectivity index (χ2v) is 10.2. The molecule has 0 aliphatic carbocycles. The third-order valence-electron chi connectivity index (χ3n) is 4.66. The molecule has 2 unspecified atom stereocenters. The predicted molar refractivity (Wildman–Crippen MR) is 115 cm³/mol. The number of hydrogen-bond donors (Lipinski definition) is 4. The van der Waals surface area contributed by atoms with E-state index in [0.717, 1.165) is 35.4 Å². The molecule has 3 rings (SSSR count). The maximum absolute atomic E-state index is 14.7. The maximum atomic E-state index is 14.7. The highest BCUT2D eigenvalue weighted by Crippen LogP contribution is 2.49. The lowest BCUT2D eigenvalue weighted by molar-refractivity contribution is -0.138. The smallest absolute Gasteiger partial charge is 0.459 e. The summed E-state index contributed by atoms with van der Waals surface area (Å²) in [5, 5.41) is 19.2. The Morgan fingerprint density at radius 3 is 2.74 bits per heavy atom. The fourth-order valence-electron chi connectivity index (χ4n) is 2.92. The van der Waals surface area contributed by atoms with Crippen LogP contribution in [0, 0.1) is 11.6 Å². The van der Waals surface area contributed by atoms with Gasteiger partial charge in [-0.1, -0.05) is 0 Å². The summed E-state index contributed by atoms with van der Waals surface area (Å²) < 4.78 is 66.3. The van der Waals surface area contributed by atoms with Gasteiger partial charge < -0.3 is 20.5 Å². The van der Waals surface area contributed by atoms with Gasteiger partial charge in [0.2, 0.25) is 0 Å². The normalized spacial score (nSPS) is 25.0. The van der Waals surface area contributed by atoms with Crippen molar-refractivity contribution in [3.8, 4) is 5.75 Å². The van der Waals surface area contributed by atoms with Crippen molar-refractivity contribution >= 4 is 31.3 Å². The number of nitrogens with two attached hydrogens (primary N) is 1. The molecule has 0 amide bonds. The van der Waals surface area contributed by atoms with Crippen LogP contribution in [0.1, 0.15) is 12.3 Å². The molecule has 1 fully saturated rings. The highest BCUT2D eigenvalue weighted by molar-refractivity contribution is 8.00. The highest BCUT2D eigenvalue weighted by Gasteiger charge is 2.46. The van der Waals surface area contributed by atoms with Crippen LogP contribution in [-0.2, 0) is 13.9 Å². The molecule has 186 valence electrons. The quantitative estimate of drug-likeness (QED) is 0.353. The summed E-state index contributed by atoms with van der Waals surface area (Å²) in [4.78, 5) is 26.7. The van der Waals surface area contributed by atoms with E-state index in [2.05, 4.69) is 10.1 Å². The van der Waals surface area contributed by atoms with Crippen molar-refractivity contribution in [2.75, 3.05) is 12.3 Å². The Bertz CT molecular complexity index is 1170. The molecule has 0 spiro atoms. The van der Waals surface area contributed by atoms with Crippen molar-refractivity contribution in [2.24, 2.45) is 0 Å².